The molecule has 0 aliphatic carbocycles. The summed E-state index contributed by atoms with van der Waals surface area (Å²) in [5, 5.41) is 10.9. The van der Waals surface area contributed by atoms with Crippen molar-refractivity contribution in [2.45, 2.75) is 0 Å². The Kier molecular flexibility index (Phi) is 5.76. The van der Waals surface area contributed by atoms with Gasteiger partial charge in [0.15, 0.2) is 0 Å². The van der Waals surface area contributed by atoms with Crippen LogP contribution in [0.2, 0.25) is 0 Å². The molecule has 0 saturated carbocycles. The van der Waals surface area contributed by atoms with E-state index in [0.29, 0.717) is 11.3 Å². The van der Waals surface area contributed by atoms with E-state index in [9.17, 15) is 14.7 Å². The number of carbonyl (C=O) groups excluding carboxylic acids is 2. The molecular formula is C14H10NNaO4. The molecule has 2 aromatic carbocycles. The third-order valence-electron chi connectivity index (χ3n) is 2.44. The van der Waals surface area contributed by atoms with Crippen molar-refractivity contribution in [1.82, 2.24) is 0 Å². The van der Waals surface area contributed by atoms with Gasteiger partial charge in [0.05, 0.1) is 11.5 Å². The van der Waals surface area contributed by atoms with E-state index in [1.807, 2.05) is 0 Å². The van der Waals surface area contributed by atoms with Crippen LogP contribution in [0.4, 0.5) is 5.69 Å². The number of hydrogen-bond donors (Lipinski definition) is 1. The third kappa shape index (κ3) is 3.84. The van der Waals surface area contributed by atoms with Crippen LogP contribution in [0.1, 0.15) is 20.7 Å². The molecule has 0 spiro atoms. The van der Waals surface area contributed by atoms with Crippen molar-refractivity contribution in [3.05, 3.63) is 59.7 Å². The molecule has 0 radical (unpaired) electrons. The molecule has 0 atom stereocenters. The van der Waals surface area contributed by atoms with Crippen LogP contribution in [0, 0.1) is 0 Å². The summed E-state index contributed by atoms with van der Waals surface area (Å²) in [5.74, 6) is -2.22. The first kappa shape index (κ1) is 16.2. The van der Waals surface area contributed by atoms with Crippen LogP contribution < -0.4 is 45.1 Å². The van der Waals surface area contributed by atoms with Crippen molar-refractivity contribution < 1.29 is 49.0 Å². The predicted molar refractivity (Wildman–Crippen MR) is 66.6 cm³/mol. The van der Waals surface area contributed by atoms with E-state index in [1.165, 1.54) is 18.2 Å². The number of ether oxygens (including phenoxy) is 1. The zero-order chi connectivity index (χ0) is 13.8. The normalized spacial score (nSPS) is 9.40. The fourth-order valence-corrected chi connectivity index (χ4v) is 1.53. The quantitative estimate of drug-likeness (QED) is 0.299. The Bertz CT molecular complexity index is 628. The van der Waals surface area contributed by atoms with Crippen LogP contribution in [0.15, 0.2) is 48.5 Å². The minimum absolute atomic E-state index is 0. The Morgan fingerprint density at radius 3 is 2.30 bits per heavy atom. The average Bonchev–Trinajstić information content (AvgIpc) is 2.39. The van der Waals surface area contributed by atoms with Crippen molar-refractivity contribution in [1.29, 1.82) is 0 Å². The largest absolute Gasteiger partial charge is 1.00 e. The number of benzene rings is 2. The minimum Gasteiger partial charge on any atom is -0.545 e. The fraction of sp³-hybridized carbons (Fsp3) is 0. The molecule has 20 heavy (non-hydrogen) atoms. The molecule has 5 nitrogen and oxygen atoms in total. The van der Waals surface area contributed by atoms with Gasteiger partial charge in [-0.3, -0.25) is 0 Å². The van der Waals surface area contributed by atoms with Crippen molar-refractivity contribution in [3.8, 4) is 5.75 Å². The first-order chi connectivity index (χ1) is 9.08. The summed E-state index contributed by atoms with van der Waals surface area (Å²) in [5.41, 5.74) is 5.92. The standard InChI is InChI=1S/C14H11NO4.Na/c15-10-6-7-11(13(16)17)12(8-10)19-14(18)9-4-2-1-3-5-9;/h1-8H,15H2,(H,16,17);/q;+1/p-1. The molecule has 0 saturated heterocycles. The molecule has 2 N–H and O–H groups in total. The van der Waals surface area contributed by atoms with E-state index < -0.39 is 11.9 Å². The number of anilines is 1. The molecule has 0 aliphatic rings. The molecule has 0 aliphatic heterocycles. The van der Waals surface area contributed by atoms with E-state index in [-0.39, 0.29) is 40.9 Å². The summed E-state index contributed by atoms with van der Waals surface area (Å²) in [6.45, 7) is 0. The smallest absolute Gasteiger partial charge is 0.545 e. The summed E-state index contributed by atoms with van der Waals surface area (Å²) >= 11 is 0. The topological polar surface area (TPSA) is 92.5 Å². The second-order valence-electron chi connectivity index (χ2n) is 3.80. The molecule has 0 bridgehead atoms. The Balaban J connectivity index is 0.00000200. The SMILES string of the molecule is Nc1ccc(C(=O)[O-])c(OC(=O)c2ccccc2)c1.[Na+]. The van der Waals surface area contributed by atoms with E-state index in [2.05, 4.69) is 0 Å². The average molecular weight is 279 g/mol. The van der Waals surface area contributed by atoms with Crippen LogP contribution >= 0.6 is 0 Å². The van der Waals surface area contributed by atoms with E-state index in [4.69, 9.17) is 10.5 Å². The molecule has 0 aromatic heterocycles. The number of nitrogens with two attached hydrogens (primary N) is 1. The number of aromatic carboxylic acids is 1. The zero-order valence-electron chi connectivity index (χ0n) is 10.8. The Hall–Kier alpha value is -1.82. The molecule has 0 unspecified atom stereocenters. The van der Waals surface area contributed by atoms with Gasteiger partial charge in [0.1, 0.15) is 5.75 Å². The summed E-state index contributed by atoms with van der Waals surface area (Å²) < 4.78 is 5.03. The van der Waals surface area contributed by atoms with Gasteiger partial charge in [0.25, 0.3) is 0 Å². The van der Waals surface area contributed by atoms with Crippen molar-refractivity contribution in [2.75, 3.05) is 5.73 Å². The summed E-state index contributed by atoms with van der Waals surface area (Å²) in [7, 11) is 0. The third-order valence-corrected chi connectivity index (χ3v) is 2.44. The van der Waals surface area contributed by atoms with E-state index >= 15 is 0 Å². The summed E-state index contributed by atoms with van der Waals surface area (Å²) in [4.78, 5) is 22.7. The van der Waals surface area contributed by atoms with Crippen molar-refractivity contribution in [3.63, 3.8) is 0 Å². The Labute approximate surface area is 137 Å². The van der Waals surface area contributed by atoms with Gasteiger partial charge in [-0.25, -0.2) is 4.79 Å². The van der Waals surface area contributed by atoms with Gasteiger partial charge >= 0.3 is 35.5 Å². The van der Waals surface area contributed by atoms with Gasteiger partial charge < -0.3 is 20.4 Å². The maximum Gasteiger partial charge on any atom is 1.00 e. The molecule has 0 fully saturated rings. The molecule has 6 heteroatoms. The zero-order valence-corrected chi connectivity index (χ0v) is 12.8. The number of hydrogen-bond acceptors (Lipinski definition) is 5. The van der Waals surface area contributed by atoms with E-state index in [0.717, 1.165) is 0 Å². The number of carbonyl (C=O) groups is 2. The van der Waals surface area contributed by atoms with Crippen LogP contribution in [0.3, 0.4) is 0 Å². The fourth-order valence-electron chi connectivity index (χ4n) is 1.53. The van der Waals surface area contributed by atoms with Crippen LogP contribution in [0.25, 0.3) is 0 Å². The summed E-state index contributed by atoms with van der Waals surface area (Å²) in [6, 6.07) is 12.1. The van der Waals surface area contributed by atoms with Gasteiger partial charge in [0, 0.05) is 17.3 Å². The van der Waals surface area contributed by atoms with Crippen LogP contribution in [-0.4, -0.2) is 11.9 Å². The second kappa shape index (κ2) is 7.09. The number of rotatable bonds is 3. The maximum absolute atomic E-state index is 11.8. The molecule has 0 heterocycles. The molecule has 96 valence electrons. The van der Waals surface area contributed by atoms with Crippen LogP contribution in [-0.2, 0) is 0 Å². The van der Waals surface area contributed by atoms with Gasteiger partial charge in [-0.15, -0.1) is 0 Å². The van der Waals surface area contributed by atoms with E-state index in [1.54, 1.807) is 30.3 Å². The van der Waals surface area contributed by atoms with Crippen molar-refractivity contribution >= 4 is 17.6 Å². The number of nitrogen functional groups attached to an aromatic ring is 1. The minimum atomic E-state index is -1.43. The Morgan fingerprint density at radius 2 is 1.70 bits per heavy atom. The molecule has 0 amide bonds. The van der Waals surface area contributed by atoms with Crippen LogP contribution in [0.5, 0.6) is 5.75 Å². The Morgan fingerprint density at radius 1 is 1.05 bits per heavy atom. The second-order valence-corrected chi connectivity index (χ2v) is 3.80. The number of carboxylic acid groups (broad SMARTS) is 1. The maximum atomic E-state index is 11.8. The number of esters is 1. The van der Waals surface area contributed by atoms with Gasteiger partial charge in [-0.1, -0.05) is 18.2 Å². The van der Waals surface area contributed by atoms with Gasteiger partial charge in [-0.05, 0) is 24.3 Å². The molecule has 2 rings (SSSR count). The summed E-state index contributed by atoms with van der Waals surface area (Å²) in [6.07, 6.45) is 0. The first-order valence-electron chi connectivity index (χ1n) is 5.46. The number of carboxylic acids is 1. The van der Waals surface area contributed by atoms with Gasteiger partial charge in [0.2, 0.25) is 0 Å². The van der Waals surface area contributed by atoms with Crippen molar-refractivity contribution in [2.24, 2.45) is 0 Å². The molecular weight excluding hydrogens is 269 g/mol. The van der Waals surface area contributed by atoms with Gasteiger partial charge in [-0.2, -0.15) is 0 Å². The monoisotopic (exact) mass is 279 g/mol. The predicted octanol–water partition coefficient (Wildman–Crippen LogP) is -2.14. The first-order valence-corrected chi connectivity index (χ1v) is 5.46. The molecule has 2 aromatic rings.